The molecule has 0 spiro atoms. The van der Waals surface area contributed by atoms with Crippen LogP contribution >= 0.6 is 12.2 Å². The SMILES string of the molecule is C=CCNC(=S)C(C)c1ccc2ccccc2n1. The first-order valence-corrected chi connectivity index (χ1v) is 6.37. The molecule has 92 valence electrons. The Morgan fingerprint density at radius 2 is 2.17 bits per heavy atom. The highest BCUT2D eigenvalue weighted by molar-refractivity contribution is 7.80. The van der Waals surface area contributed by atoms with E-state index in [0.717, 1.165) is 21.6 Å². The van der Waals surface area contributed by atoms with Gasteiger partial charge in [0.2, 0.25) is 0 Å². The molecule has 1 atom stereocenters. The highest BCUT2D eigenvalue weighted by Gasteiger charge is 2.12. The van der Waals surface area contributed by atoms with Gasteiger partial charge >= 0.3 is 0 Å². The summed E-state index contributed by atoms with van der Waals surface area (Å²) in [6, 6.07) is 12.2. The van der Waals surface area contributed by atoms with E-state index in [4.69, 9.17) is 12.2 Å². The maximum absolute atomic E-state index is 5.35. The number of hydrogen-bond acceptors (Lipinski definition) is 2. The van der Waals surface area contributed by atoms with Crippen molar-refractivity contribution in [3.63, 3.8) is 0 Å². The molecule has 2 nitrogen and oxygen atoms in total. The first-order chi connectivity index (χ1) is 8.72. The lowest BCUT2D eigenvalue weighted by Gasteiger charge is -2.14. The van der Waals surface area contributed by atoms with E-state index in [-0.39, 0.29) is 5.92 Å². The van der Waals surface area contributed by atoms with Gasteiger partial charge < -0.3 is 5.32 Å². The molecule has 0 aliphatic heterocycles. The second kappa shape index (κ2) is 5.74. The van der Waals surface area contributed by atoms with Gasteiger partial charge in [0.15, 0.2) is 0 Å². The molecule has 1 unspecified atom stereocenters. The van der Waals surface area contributed by atoms with Gasteiger partial charge in [0.05, 0.1) is 16.2 Å². The number of pyridine rings is 1. The first-order valence-electron chi connectivity index (χ1n) is 5.96. The summed E-state index contributed by atoms with van der Waals surface area (Å²) in [6.45, 7) is 6.42. The van der Waals surface area contributed by atoms with Crippen LogP contribution in [-0.4, -0.2) is 16.5 Å². The molecule has 3 heteroatoms. The predicted molar refractivity (Wildman–Crippen MR) is 81.0 cm³/mol. The summed E-state index contributed by atoms with van der Waals surface area (Å²) in [4.78, 5) is 5.45. The third-order valence-electron chi connectivity index (χ3n) is 2.88. The number of hydrogen-bond donors (Lipinski definition) is 1. The lowest BCUT2D eigenvalue weighted by Crippen LogP contribution is -2.26. The molecule has 0 saturated carbocycles. The number of rotatable bonds is 4. The van der Waals surface area contributed by atoms with Gasteiger partial charge in [0.1, 0.15) is 0 Å². The maximum Gasteiger partial charge on any atom is 0.0844 e. The van der Waals surface area contributed by atoms with E-state index in [0.29, 0.717) is 6.54 Å². The predicted octanol–water partition coefficient (Wildman–Crippen LogP) is 3.44. The van der Waals surface area contributed by atoms with Crippen molar-refractivity contribution in [2.75, 3.05) is 6.54 Å². The monoisotopic (exact) mass is 256 g/mol. The van der Waals surface area contributed by atoms with Gasteiger partial charge in [-0.15, -0.1) is 6.58 Å². The van der Waals surface area contributed by atoms with Crippen LogP contribution in [0, 0.1) is 0 Å². The fourth-order valence-corrected chi connectivity index (χ4v) is 1.99. The molecule has 0 fully saturated rings. The van der Waals surface area contributed by atoms with Gasteiger partial charge in [-0.05, 0) is 12.1 Å². The molecule has 1 N–H and O–H groups in total. The van der Waals surface area contributed by atoms with Crippen molar-refractivity contribution in [1.82, 2.24) is 10.3 Å². The molecular formula is C15H16N2S. The average Bonchev–Trinajstić information content (AvgIpc) is 2.43. The number of benzene rings is 1. The van der Waals surface area contributed by atoms with Gasteiger partial charge in [-0.3, -0.25) is 4.98 Å². The first kappa shape index (κ1) is 12.7. The summed E-state index contributed by atoms with van der Waals surface area (Å²) in [5, 5.41) is 4.30. The summed E-state index contributed by atoms with van der Waals surface area (Å²) in [6.07, 6.45) is 1.80. The second-order valence-electron chi connectivity index (χ2n) is 4.18. The zero-order valence-electron chi connectivity index (χ0n) is 10.4. The van der Waals surface area contributed by atoms with Crippen molar-refractivity contribution in [2.45, 2.75) is 12.8 Å². The molecular weight excluding hydrogens is 240 g/mol. The van der Waals surface area contributed by atoms with Gasteiger partial charge in [0.25, 0.3) is 0 Å². The molecule has 2 aromatic rings. The van der Waals surface area contributed by atoms with Crippen LogP contribution in [0.15, 0.2) is 49.1 Å². The quantitative estimate of drug-likeness (QED) is 0.670. The standard InChI is InChI=1S/C15H16N2S/c1-3-10-16-15(18)11(2)13-9-8-12-6-4-5-7-14(12)17-13/h3-9,11H,1,10H2,2H3,(H,16,18). The van der Waals surface area contributed by atoms with Gasteiger partial charge in [0, 0.05) is 17.8 Å². The van der Waals surface area contributed by atoms with Crippen molar-refractivity contribution >= 4 is 28.1 Å². The maximum atomic E-state index is 5.35. The van der Waals surface area contributed by atoms with Crippen LogP contribution in [0.25, 0.3) is 10.9 Å². The fourth-order valence-electron chi connectivity index (χ4n) is 1.78. The van der Waals surface area contributed by atoms with Crippen molar-refractivity contribution in [3.8, 4) is 0 Å². The van der Waals surface area contributed by atoms with Crippen LogP contribution in [0.4, 0.5) is 0 Å². The highest BCUT2D eigenvalue weighted by Crippen LogP contribution is 2.18. The Labute approximate surface area is 113 Å². The summed E-state index contributed by atoms with van der Waals surface area (Å²) < 4.78 is 0. The van der Waals surface area contributed by atoms with E-state index < -0.39 is 0 Å². The lowest BCUT2D eigenvalue weighted by atomic mass is 10.1. The summed E-state index contributed by atoms with van der Waals surface area (Å²) in [5.74, 6) is 0.115. The minimum Gasteiger partial charge on any atom is -0.376 e. The lowest BCUT2D eigenvalue weighted by molar-refractivity contribution is 0.908. The topological polar surface area (TPSA) is 24.9 Å². The molecule has 0 radical (unpaired) electrons. The Morgan fingerprint density at radius 3 is 2.94 bits per heavy atom. The fraction of sp³-hybridized carbons (Fsp3) is 0.200. The minimum atomic E-state index is 0.115. The molecule has 0 bridgehead atoms. The van der Waals surface area contributed by atoms with E-state index in [1.165, 1.54) is 0 Å². The normalized spacial score (nSPS) is 12.1. The zero-order chi connectivity index (χ0) is 13.0. The summed E-state index contributed by atoms with van der Waals surface area (Å²) in [5.41, 5.74) is 2.00. The Morgan fingerprint density at radius 1 is 1.39 bits per heavy atom. The molecule has 0 saturated heterocycles. The van der Waals surface area contributed by atoms with E-state index in [2.05, 4.69) is 35.9 Å². The van der Waals surface area contributed by atoms with Crippen molar-refractivity contribution in [1.29, 1.82) is 0 Å². The molecule has 1 aromatic heterocycles. The smallest absolute Gasteiger partial charge is 0.0844 e. The van der Waals surface area contributed by atoms with Crippen molar-refractivity contribution < 1.29 is 0 Å². The highest BCUT2D eigenvalue weighted by atomic mass is 32.1. The summed E-state index contributed by atoms with van der Waals surface area (Å²) >= 11 is 5.35. The Balaban J connectivity index is 2.24. The summed E-state index contributed by atoms with van der Waals surface area (Å²) in [7, 11) is 0. The molecule has 0 amide bonds. The number of nitrogens with zero attached hydrogens (tertiary/aromatic N) is 1. The molecule has 0 aliphatic rings. The third-order valence-corrected chi connectivity index (χ3v) is 3.38. The van der Waals surface area contributed by atoms with Crippen LogP contribution in [0.2, 0.25) is 0 Å². The van der Waals surface area contributed by atoms with Crippen LogP contribution < -0.4 is 5.32 Å². The Kier molecular flexibility index (Phi) is 4.05. The molecule has 1 aromatic carbocycles. The third kappa shape index (κ3) is 2.74. The van der Waals surface area contributed by atoms with E-state index in [1.807, 2.05) is 24.3 Å². The minimum absolute atomic E-state index is 0.115. The average molecular weight is 256 g/mol. The number of aromatic nitrogens is 1. The van der Waals surface area contributed by atoms with E-state index >= 15 is 0 Å². The Hall–Kier alpha value is -1.74. The largest absolute Gasteiger partial charge is 0.376 e. The van der Waals surface area contributed by atoms with Crippen molar-refractivity contribution in [2.24, 2.45) is 0 Å². The number of nitrogens with one attached hydrogen (secondary N) is 1. The number of thiocarbonyl (C=S) groups is 1. The molecule has 0 aliphatic carbocycles. The molecule has 18 heavy (non-hydrogen) atoms. The van der Waals surface area contributed by atoms with E-state index in [1.54, 1.807) is 6.08 Å². The number of para-hydroxylation sites is 1. The van der Waals surface area contributed by atoms with Crippen LogP contribution in [0.1, 0.15) is 18.5 Å². The van der Waals surface area contributed by atoms with Gasteiger partial charge in [-0.2, -0.15) is 0 Å². The number of fused-ring (bicyclic) bond motifs is 1. The van der Waals surface area contributed by atoms with Crippen molar-refractivity contribution in [3.05, 3.63) is 54.7 Å². The Bertz CT molecular complexity index is 577. The van der Waals surface area contributed by atoms with E-state index in [9.17, 15) is 0 Å². The van der Waals surface area contributed by atoms with Crippen LogP contribution in [-0.2, 0) is 0 Å². The van der Waals surface area contributed by atoms with Crippen LogP contribution in [0.5, 0.6) is 0 Å². The second-order valence-corrected chi connectivity index (χ2v) is 4.62. The molecule has 2 rings (SSSR count). The van der Waals surface area contributed by atoms with Gasteiger partial charge in [-0.25, -0.2) is 0 Å². The van der Waals surface area contributed by atoms with Crippen LogP contribution in [0.3, 0.4) is 0 Å². The zero-order valence-corrected chi connectivity index (χ0v) is 11.2. The molecule has 1 heterocycles. The van der Waals surface area contributed by atoms with Gasteiger partial charge in [-0.1, -0.05) is 49.5 Å².